The normalized spacial score (nSPS) is 15.2. The molecule has 0 spiro atoms. The van der Waals surface area contributed by atoms with Gasteiger partial charge in [0.1, 0.15) is 5.82 Å². The topological polar surface area (TPSA) is 95.5 Å². The van der Waals surface area contributed by atoms with Crippen molar-refractivity contribution in [2.24, 2.45) is 5.41 Å². The summed E-state index contributed by atoms with van der Waals surface area (Å²) in [5.41, 5.74) is -0.650. The van der Waals surface area contributed by atoms with Crippen LogP contribution in [0.1, 0.15) is 42.5 Å². The molecule has 0 aromatic heterocycles. The predicted molar refractivity (Wildman–Crippen MR) is 84.9 cm³/mol. The predicted octanol–water partition coefficient (Wildman–Crippen LogP) is 1.71. The van der Waals surface area contributed by atoms with Gasteiger partial charge in [0.25, 0.3) is 5.91 Å². The first-order valence-corrected chi connectivity index (χ1v) is 7.97. The SMILES string of the molecule is O=C(CC1(C(=O)O)CCC1)NCCCNC(=O)c1cccc(F)c1. The van der Waals surface area contributed by atoms with Crippen LogP contribution in [-0.4, -0.2) is 36.0 Å². The van der Waals surface area contributed by atoms with Gasteiger partial charge in [-0.2, -0.15) is 0 Å². The Morgan fingerprint density at radius 1 is 1.17 bits per heavy atom. The maximum Gasteiger partial charge on any atom is 0.310 e. The molecule has 130 valence electrons. The molecule has 0 aliphatic heterocycles. The number of rotatable bonds is 8. The second kappa shape index (κ2) is 7.90. The van der Waals surface area contributed by atoms with Crippen LogP contribution in [0.2, 0.25) is 0 Å². The van der Waals surface area contributed by atoms with E-state index in [1.165, 1.54) is 18.2 Å². The minimum absolute atomic E-state index is 0.00200. The van der Waals surface area contributed by atoms with E-state index in [-0.39, 0.29) is 23.8 Å². The molecule has 1 aromatic carbocycles. The molecule has 2 amide bonds. The lowest BCUT2D eigenvalue weighted by atomic mass is 9.66. The van der Waals surface area contributed by atoms with E-state index < -0.39 is 17.2 Å². The molecule has 1 aliphatic carbocycles. The molecule has 1 saturated carbocycles. The highest BCUT2D eigenvalue weighted by Gasteiger charge is 2.45. The molecule has 0 radical (unpaired) electrons. The van der Waals surface area contributed by atoms with Gasteiger partial charge in [-0.1, -0.05) is 12.5 Å². The number of hydrogen-bond donors (Lipinski definition) is 3. The highest BCUT2D eigenvalue weighted by Crippen LogP contribution is 2.44. The monoisotopic (exact) mass is 336 g/mol. The lowest BCUT2D eigenvalue weighted by Gasteiger charge is -2.36. The third-order valence-electron chi connectivity index (χ3n) is 4.31. The second-order valence-electron chi connectivity index (χ2n) is 6.09. The zero-order chi connectivity index (χ0) is 17.6. The zero-order valence-corrected chi connectivity index (χ0v) is 13.3. The fraction of sp³-hybridized carbons (Fsp3) is 0.471. The summed E-state index contributed by atoms with van der Waals surface area (Å²) in [7, 11) is 0. The minimum atomic E-state index is -0.911. The van der Waals surface area contributed by atoms with Gasteiger partial charge in [0, 0.05) is 25.1 Å². The van der Waals surface area contributed by atoms with Gasteiger partial charge in [0.15, 0.2) is 0 Å². The van der Waals surface area contributed by atoms with Crippen LogP contribution in [0.5, 0.6) is 0 Å². The summed E-state index contributed by atoms with van der Waals surface area (Å²) >= 11 is 0. The summed E-state index contributed by atoms with van der Waals surface area (Å²) < 4.78 is 13.0. The van der Waals surface area contributed by atoms with Gasteiger partial charge in [-0.15, -0.1) is 0 Å². The van der Waals surface area contributed by atoms with Crippen molar-refractivity contribution in [3.63, 3.8) is 0 Å². The van der Waals surface area contributed by atoms with E-state index in [9.17, 15) is 23.9 Å². The van der Waals surface area contributed by atoms with Gasteiger partial charge in [0.05, 0.1) is 5.41 Å². The molecule has 24 heavy (non-hydrogen) atoms. The standard InChI is InChI=1S/C17H21FN2O4/c18-13-5-1-4-12(10-13)15(22)20-9-3-8-19-14(21)11-17(16(23)24)6-2-7-17/h1,4-5,10H,2-3,6-9,11H2,(H,19,21)(H,20,22)(H,23,24). The van der Waals surface area contributed by atoms with Crippen molar-refractivity contribution in [3.05, 3.63) is 35.6 Å². The maximum atomic E-state index is 13.0. The molecular formula is C17H21FN2O4. The number of carbonyl (C=O) groups is 3. The number of aliphatic carboxylic acids is 1. The number of carbonyl (C=O) groups excluding carboxylic acids is 2. The Labute approximate surface area is 139 Å². The van der Waals surface area contributed by atoms with E-state index in [0.29, 0.717) is 32.4 Å². The number of hydrogen-bond acceptors (Lipinski definition) is 3. The third-order valence-corrected chi connectivity index (χ3v) is 4.31. The van der Waals surface area contributed by atoms with Crippen LogP contribution in [0.15, 0.2) is 24.3 Å². The number of carboxylic acids is 1. The molecule has 1 fully saturated rings. The molecule has 7 heteroatoms. The molecule has 1 aromatic rings. The first-order valence-electron chi connectivity index (χ1n) is 7.97. The number of nitrogens with one attached hydrogen (secondary N) is 2. The van der Waals surface area contributed by atoms with Gasteiger partial charge in [-0.3, -0.25) is 14.4 Å². The van der Waals surface area contributed by atoms with E-state index >= 15 is 0 Å². The Kier molecular flexibility index (Phi) is 5.89. The Bertz CT molecular complexity index is 629. The van der Waals surface area contributed by atoms with Crippen LogP contribution in [0.4, 0.5) is 4.39 Å². The lowest BCUT2D eigenvalue weighted by molar-refractivity contribution is -0.157. The second-order valence-corrected chi connectivity index (χ2v) is 6.09. The van der Waals surface area contributed by atoms with E-state index in [1.807, 2.05) is 0 Å². The average Bonchev–Trinajstić information content (AvgIpc) is 2.50. The van der Waals surface area contributed by atoms with Crippen molar-refractivity contribution in [2.75, 3.05) is 13.1 Å². The van der Waals surface area contributed by atoms with Crippen molar-refractivity contribution in [2.45, 2.75) is 32.1 Å². The highest BCUT2D eigenvalue weighted by atomic mass is 19.1. The van der Waals surface area contributed by atoms with Crippen LogP contribution >= 0.6 is 0 Å². The van der Waals surface area contributed by atoms with E-state index in [2.05, 4.69) is 10.6 Å². The molecule has 1 aliphatic rings. The smallest absolute Gasteiger partial charge is 0.310 e. The number of benzene rings is 1. The van der Waals surface area contributed by atoms with Crippen LogP contribution < -0.4 is 10.6 Å². The van der Waals surface area contributed by atoms with E-state index in [0.717, 1.165) is 12.5 Å². The molecule has 6 nitrogen and oxygen atoms in total. The summed E-state index contributed by atoms with van der Waals surface area (Å²) in [6.07, 6.45) is 2.43. The summed E-state index contributed by atoms with van der Waals surface area (Å²) in [5, 5.41) is 14.5. The quantitative estimate of drug-likeness (QED) is 0.630. The lowest BCUT2D eigenvalue weighted by Crippen LogP contribution is -2.42. The van der Waals surface area contributed by atoms with Gasteiger partial charge >= 0.3 is 5.97 Å². The minimum Gasteiger partial charge on any atom is -0.481 e. The summed E-state index contributed by atoms with van der Waals surface area (Å²) in [6, 6.07) is 5.40. The van der Waals surface area contributed by atoms with Crippen LogP contribution in [0.3, 0.4) is 0 Å². The fourth-order valence-corrected chi connectivity index (χ4v) is 2.69. The largest absolute Gasteiger partial charge is 0.481 e. The van der Waals surface area contributed by atoms with Crippen molar-refractivity contribution in [1.82, 2.24) is 10.6 Å². The van der Waals surface area contributed by atoms with Crippen LogP contribution in [-0.2, 0) is 9.59 Å². The van der Waals surface area contributed by atoms with Crippen molar-refractivity contribution in [3.8, 4) is 0 Å². The first-order chi connectivity index (χ1) is 11.4. The molecule has 0 unspecified atom stereocenters. The molecule has 3 N–H and O–H groups in total. The van der Waals surface area contributed by atoms with Crippen molar-refractivity contribution in [1.29, 1.82) is 0 Å². The maximum absolute atomic E-state index is 13.0. The number of halogens is 1. The average molecular weight is 336 g/mol. The Morgan fingerprint density at radius 3 is 2.46 bits per heavy atom. The Morgan fingerprint density at radius 2 is 1.88 bits per heavy atom. The van der Waals surface area contributed by atoms with E-state index in [1.54, 1.807) is 0 Å². The molecular weight excluding hydrogens is 315 g/mol. The number of amides is 2. The van der Waals surface area contributed by atoms with Crippen molar-refractivity contribution < 1.29 is 23.9 Å². The molecule has 2 rings (SSSR count). The molecule has 0 heterocycles. The van der Waals surface area contributed by atoms with E-state index in [4.69, 9.17) is 0 Å². The third kappa shape index (κ3) is 4.53. The first kappa shape index (κ1) is 17.9. The van der Waals surface area contributed by atoms with Gasteiger partial charge < -0.3 is 15.7 Å². The summed E-state index contributed by atoms with van der Waals surface area (Å²) in [6.45, 7) is 0.678. The Balaban J connectivity index is 1.63. The van der Waals surface area contributed by atoms with Crippen molar-refractivity contribution >= 4 is 17.8 Å². The van der Waals surface area contributed by atoms with Gasteiger partial charge in [-0.05, 0) is 37.5 Å². The zero-order valence-electron chi connectivity index (χ0n) is 13.3. The summed E-state index contributed by atoms with van der Waals surface area (Å²) in [5.74, 6) is -2.04. The molecule has 0 bridgehead atoms. The number of carboxylic acid groups (broad SMARTS) is 1. The fourth-order valence-electron chi connectivity index (χ4n) is 2.69. The van der Waals surface area contributed by atoms with Gasteiger partial charge in [0.2, 0.25) is 5.91 Å². The molecule has 0 saturated heterocycles. The molecule has 0 atom stereocenters. The van der Waals surface area contributed by atoms with Gasteiger partial charge in [-0.25, -0.2) is 4.39 Å². The highest BCUT2D eigenvalue weighted by molar-refractivity contribution is 5.94. The summed E-state index contributed by atoms with van der Waals surface area (Å²) in [4.78, 5) is 34.8. The van der Waals surface area contributed by atoms with Crippen LogP contribution in [0.25, 0.3) is 0 Å². The van der Waals surface area contributed by atoms with Crippen LogP contribution in [0, 0.1) is 11.2 Å². The Hall–Kier alpha value is -2.44.